The minimum Gasteiger partial charge on any atom is -0.462 e. The second-order valence-corrected chi connectivity index (χ2v) is 17.6. The highest BCUT2D eigenvalue weighted by molar-refractivity contribution is 5.77. The van der Waals surface area contributed by atoms with Gasteiger partial charge < -0.3 is 20.3 Å². The number of rotatable bonds is 46. The van der Waals surface area contributed by atoms with Gasteiger partial charge in [-0.2, -0.15) is 0 Å². The zero-order valence-electron chi connectivity index (χ0n) is 42.1. The molecule has 0 heterocycles. The SMILES string of the molecule is CC/C=C\C/C=C\C/C=C\C/C=C\C/C=C\C/C=C\CCC(=O)OC(CCCCC\C=C/C=C/C=C/CC)CC(=O)NC(CO)C(O)CCCCCCCCCCCCCCCCCC. The summed E-state index contributed by atoms with van der Waals surface area (Å²) in [4.78, 5) is 26.1. The van der Waals surface area contributed by atoms with E-state index in [9.17, 15) is 19.8 Å². The van der Waals surface area contributed by atoms with Gasteiger partial charge in [-0.25, -0.2) is 0 Å². The van der Waals surface area contributed by atoms with Crippen LogP contribution in [0, 0.1) is 0 Å². The molecule has 0 bridgehead atoms. The number of unbranched alkanes of at least 4 members (excludes halogenated alkanes) is 18. The van der Waals surface area contributed by atoms with Gasteiger partial charge in [0, 0.05) is 6.42 Å². The van der Waals surface area contributed by atoms with Crippen LogP contribution in [0.4, 0.5) is 0 Å². The summed E-state index contributed by atoms with van der Waals surface area (Å²) in [5.41, 5.74) is 0. The average molecular weight is 902 g/mol. The quantitative estimate of drug-likeness (QED) is 0.0245. The molecular weight excluding hydrogens is 803 g/mol. The van der Waals surface area contributed by atoms with Gasteiger partial charge in [-0.3, -0.25) is 9.59 Å². The maximum Gasteiger partial charge on any atom is 0.306 e. The first kappa shape index (κ1) is 61.5. The minimum atomic E-state index is -0.816. The van der Waals surface area contributed by atoms with Crippen LogP contribution in [0.15, 0.2) is 109 Å². The Labute approximate surface area is 400 Å². The number of nitrogens with one attached hydrogen (secondary N) is 1. The van der Waals surface area contributed by atoms with E-state index in [-0.39, 0.29) is 31.3 Å². The van der Waals surface area contributed by atoms with Gasteiger partial charge in [0.1, 0.15) is 6.10 Å². The standard InChI is InChI=1S/C59H99NO5/c1-4-7-10-13-16-19-22-24-26-28-29-30-32-34-37-40-43-46-49-52-59(64)65-55(50-47-44-41-38-35-21-18-15-12-9-6-3)53-58(63)60-56(54-61)57(62)51-48-45-42-39-36-33-31-27-25-23-20-17-14-11-8-5-2/h7,9-10,12,15-16,18-19,21,24,26,29-30,34-35,37,43,46,55-57,61-62H,4-6,8,11,13-14,17,20,22-23,25,27-28,31-33,36,38-42,44-45,47-54H2,1-3H3,(H,60,63)/b10-7-,12-9+,18-15+,19-16-,26-24-,30-29-,35-21-,37-34-,46-43-. The normalized spacial score (nSPS) is 14.1. The predicted molar refractivity (Wildman–Crippen MR) is 282 cm³/mol. The van der Waals surface area contributed by atoms with Crippen molar-refractivity contribution in [3.63, 3.8) is 0 Å². The van der Waals surface area contributed by atoms with Crippen LogP contribution >= 0.6 is 0 Å². The molecule has 0 saturated heterocycles. The second-order valence-electron chi connectivity index (χ2n) is 17.6. The first-order valence-corrected chi connectivity index (χ1v) is 26.6. The Hall–Kier alpha value is -3.48. The van der Waals surface area contributed by atoms with Crippen LogP contribution in [0.2, 0.25) is 0 Å². The Bertz CT molecular complexity index is 1330. The largest absolute Gasteiger partial charge is 0.462 e. The number of allylic oxidation sites excluding steroid dienone is 18. The molecule has 1 amide bonds. The monoisotopic (exact) mass is 902 g/mol. The molecule has 370 valence electrons. The summed E-state index contributed by atoms with van der Waals surface area (Å²) in [5.74, 6) is -0.618. The van der Waals surface area contributed by atoms with E-state index in [0.29, 0.717) is 19.3 Å². The maximum absolute atomic E-state index is 13.2. The zero-order valence-corrected chi connectivity index (χ0v) is 42.1. The van der Waals surface area contributed by atoms with Crippen LogP contribution in [0.3, 0.4) is 0 Å². The summed E-state index contributed by atoms with van der Waals surface area (Å²) in [7, 11) is 0. The number of hydrogen-bond acceptors (Lipinski definition) is 5. The Morgan fingerprint density at radius 3 is 1.40 bits per heavy atom. The average Bonchev–Trinajstić information content (AvgIpc) is 3.30. The molecule has 0 aliphatic rings. The Morgan fingerprint density at radius 1 is 0.477 bits per heavy atom. The number of ether oxygens (including phenoxy) is 1. The van der Waals surface area contributed by atoms with Gasteiger partial charge in [0.2, 0.25) is 5.91 Å². The van der Waals surface area contributed by atoms with E-state index < -0.39 is 18.2 Å². The van der Waals surface area contributed by atoms with Crippen molar-refractivity contribution in [3.05, 3.63) is 109 Å². The summed E-state index contributed by atoms with van der Waals surface area (Å²) < 4.78 is 5.87. The minimum absolute atomic E-state index is 0.0178. The lowest BCUT2D eigenvalue weighted by atomic mass is 10.0. The molecule has 0 aliphatic heterocycles. The predicted octanol–water partition coefficient (Wildman–Crippen LogP) is 16.3. The lowest BCUT2D eigenvalue weighted by Crippen LogP contribution is -2.46. The van der Waals surface area contributed by atoms with Gasteiger partial charge in [0.05, 0.1) is 25.2 Å². The third-order valence-electron chi connectivity index (χ3n) is 11.4. The van der Waals surface area contributed by atoms with Crippen LogP contribution in [0.1, 0.15) is 226 Å². The summed E-state index contributed by atoms with van der Waals surface area (Å²) >= 11 is 0. The van der Waals surface area contributed by atoms with Crippen molar-refractivity contribution in [1.29, 1.82) is 0 Å². The molecule has 3 unspecified atom stereocenters. The number of aliphatic hydroxyl groups excluding tert-OH is 2. The van der Waals surface area contributed by atoms with Crippen LogP contribution in [0.5, 0.6) is 0 Å². The summed E-state index contributed by atoms with van der Waals surface area (Å²) in [6.07, 6.45) is 70.2. The van der Waals surface area contributed by atoms with E-state index in [1.807, 2.05) is 18.2 Å². The molecule has 6 heteroatoms. The third-order valence-corrected chi connectivity index (χ3v) is 11.4. The number of esters is 1. The Morgan fingerprint density at radius 2 is 0.908 bits per heavy atom. The molecule has 0 aliphatic carbocycles. The first-order chi connectivity index (χ1) is 32.0. The van der Waals surface area contributed by atoms with Crippen LogP contribution in [0.25, 0.3) is 0 Å². The molecule has 0 rings (SSSR count). The maximum atomic E-state index is 13.2. The molecular formula is C59H99NO5. The number of aliphatic hydroxyl groups is 2. The van der Waals surface area contributed by atoms with Crippen molar-refractivity contribution in [1.82, 2.24) is 5.32 Å². The molecule has 0 saturated carbocycles. The van der Waals surface area contributed by atoms with Crippen molar-refractivity contribution in [2.75, 3.05) is 6.61 Å². The van der Waals surface area contributed by atoms with Gasteiger partial charge in [0.15, 0.2) is 0 Å². The molecule has 6 nitrogen and oxygen atoms in total. The number of hydrogen-bond donors (Lipinski definition) is 3. The topological polar surface area (TPSA) is 95.9 Å². The van der Waals surface area contributed by atoms with E-state index in [2.05, 4.69) is 117 Å². The second kappa shape index (κ2) is 51.5. The lowest BCUT2D eigenvalue weighted by Gasteiger charge is -2.24. The van der Waals surface area contributed by atoms with Crippen LogP contribution < -0.4 is 5.32 Å². The van der Waals surface area contributed by atoms with Crippen molar-refractivity contribution >= 4 is 11.9 Å². The fourth-order valence-electron chi connectivity index (χ4n) is 7.46. The van der Waals surface area contributed by atoms with E-state index in [1.165, 1.54) is 83.5 Å². The third kappa shape index (κ3) is 46.8. The molecule has 0 fully saturated rings. The highest BCUT2D eigenvalue weighted by Crippen LogP contribution is 2.17. The summed E-state index contributed by atoms with van der Waals surface area (Å²) in [5, 5.41) is 23.8. The van der Waals surface area contributed by atoms with Gasteiger partial charge in [-0.05, 0) is 83.5 Å². The Balaban J connectivity index is 4.65. The van der Waals surface area contributed by atoms with E-state index in [1.54, 1.807) is 0 Å². The zero-order chi connectivity index (χ0) is 47.4. The van der Waals surface area contributed by atoms with Crippen molar-refractivity contribution in [2.45, 2.75) is 244 Å². The number of carbonyl (C=O) groups is 2. The smallest absolute Gasteiger partial charge is 0.306 e. The molecule has 0 radical (unpaired) electrons. The molecule has 0 aromatic heterocycles. The highest BCUT2D eigenvalue weighted by Gasteiger charge is 2.24. The molecule has 0 aromatic carbocycles. The molecule has 0 spiro atoms. The van der Waals surface area contributed by atoms with Gasteiger partial charge in [-0.1, -0.05) is 239 Å². The molecule has 0 aromatic rings. The van der Waals surface area contributed by atoms with E-state index in [4.69, 9.17) is 4.74 Å². The fraction of sp³-hybridized carbons (Fsp3) is 0.661. The molecule has 3 N–H and O–H groups in total. The van der Waals surface area contributed by atoms with Gasteiger partial charge >= 0.3 is 5.97 Å². The van der Waals surface area contributed by atoms with Gasteiger partial charge in [-0.15, -0.1) is 0 Å². The van der Waals surface area contributed by atoms with Crippen molar-refractivity contribution in [3.8, 4) is 0 Å². The van der Waals surface area contributed by atoms with Gasteiger partial charge in [0.25, 0.3) is 0 Å². The van der Waals surface area contributed by atoms with Crippen molar-refractivity contribution in [2.24, 2.45) is 0 Å². The first-order valence-electron chi connectivity index (χ1n) is 26.6. The lowest BCUT2D eigenvalue weighted by molar-refractivity contribution is -0.150. The van der Waals surface area contributed by atoms with Crippen LogP contribution in [-0.4, -0.2) is 46.9 Å². The van der Waals surface area contributed by atoms with E-state index in [0.717, 1.165) is 89.9 Å². The van der Waals surface area contributed by atoms with Crippen LogP contribution in [-0.2, 0) is 14.3 Å². The number of amides is 1. The number of carbonyl (C=O) groups excluding carboxylic acids is 2. The molecule has 3 atom stereocenters. The Kier molecular flexibility index (Phi) is 48.7. The fourth-order valence-corrected chi connectivity index (χ4v) is 7.46. The summed E-state index contributed by atoms with van der Waals surface area (Å²) in [6.45, 7) is 6.21. The van der Waals surface area contributed by atoms with E-state index >= 15 is 0 Å². The highest BCUT2D eigenvalue weighted by atomic mass is 16.5. The molecule has 65 heavy (non-hydrogen) atoms. The van der Waals surface area contributed by atoms with Crippen molar-refractivity contribution < 1.29 is 24.5 Å². The summed E-state index contributed by atoms with van der Waals surface area (Å²) in [6, 6.07) is -0.735.